The molecule has 0 radical (unpaired) electrons. The summed E-state index contributed by atoms with van der Waals surface area (Å²) >= 11 is 0. The highest BCUT2D eigenvalue weighted by Gasteiger charge is 2.45. The number of benzene rings is 2. The number of likely N-dealkylation sites (tertiary alicyclic amines) is 1. The highest BCUT2D eigenvalue weighted by Crippen LogP contribution is 2.40. The number of ketones is 1. The second-order valence-corrected chi connectivity index (χ2v) is 8.81. The molecule has 1 unspecified atom stereocenters. The van der Waals surface area contributed by atoms with Crippen LogP contribution in [-0.2, 0) is 19.7 Å². The molecule has 0 saturated carbocycles. The van der Waals surface area contributed by atoms with Crippen LogP contribution in [0.4, 0.5) is 0 Å². The minimum atomic E-state index is -0.697. The number of carbonyl (C=O) groups is 2. The summed E-state index contributed by atoms with van der Waals surface area (Å²) in [5.41, 5.74) is 2.41. The number of methoxy groups -OCH3 is 1. The second kappa shape index (κ2) is 9.57. The fourth-order valence-electron chi connectivity index (χ4n) is 3.84. The van der Waals surface area contributed by atoms with Crippen LogP contribution in [0, 0.1) is 0 Å². The third-order valence-electron chi connectivity index (χ3n) is 5.61. The van der Waals surface area contributed by atoms with Gasteiger partial charge in [-0.05, 0) is 47.7 Å². The summed E-state index contributed by atoms with van der Waals surface area (Å²) in [4.78, 5) is 27.3. The molecule has 0 spiro atoms. The van der Waals surface area contributed by atoms with Crippen molar-refractivity contribution in [1.29, 1.82) is 0 Å². The van der Waals surface area contributed by atoms with Gasteiger partial charge in [0.2, 0.25) is 0 Å². The van der Waals surface area contributed by atoms with Gasteiger partial charge in [0.1, 0.15) is 11.5 Å². The first-order valence-electron chi connectivity index (χ1n) is 10.8. The van der Waals surface area contributed by atoms with Crippen LogP contribution < -0.4 is 4.74 Å². The average Bonchev–Trinajstić information content (AvgIpc) is 3.02. The van der Waals surface area contributed by atoms with Crippen LogP contribution in [0.1, 0.15) is 50.4 Å². The number of aliphatic hydroxyl groups excluding tert-OH is 1. The number of amides is 1. The number of Topliss-reactive ketones (excluding diaryl/α,β-unsaturated/α-hetero) is 1. The zero-order chi connectivity index (χ0) is 23.5. The molecular formula is C26H31NO5. The molecule has 1 aliphatic rings. The molecule has 6 heteroatoms. The molecule has 1 N–H and O–H groups in total. The van der Waals surface area contributed by atoms with E-state index in [4.69, 9.17) is 9.47 Å². The first-order chi connectivity index (χ1) is 15.2. The van der Waals surface area contributed by atoms with Crippen LogP contribution in [0.5, 0.6) is 5.75 Å². The molecule has 1 atom stereocenters. The van der Waals surface area contributed by atoms with Gasteiger partial charge in [-0.1, -0.05) is 45.0 Å². The Morgan fingerprint density at radius 2 is 1.66 bits per heavy atom. The second-order valence-electron chi connectivity index (χ2n) is 8.81. The lowest BCUT2D eigenvalue weighted by atomic mass is 9.85. The van der Waals surface area contributed by atoms with Crippen molar-refractivity contribution in [2.24, 2.45) is 0 Å². The van der Waals surface area contributed by atoms with Gasteiger partial charge < -0.3 is 19.5 Å². The average molecular weight is 438 g/mol. The van der Waals surface area contributed by atoms with Crippen molar-refractivity contribution in [2.75, 3.05) is 26.9 Å². The van der Waals surface area contributed by atoms with E-state index in [0.717, 1.165) is 11.1 Å². The number of ether oxygens (including phenoxy) is 2. The Morgan fingerprint density at radius 1 is 1.03 bits per heavy atom. The minimum Gasteiger partial charge on any atom is -0.507 e. The molecule has 1 aliphatic heterocycles. The van der Waals surface area contributed by atoms with E-state index in [2.05, 4.69) is 20.8 Å². The summed E-state index contributed by atoms with van der Waals surface area (Å²) in [7, 11) is 1.55. The first kappa shape index (κ1) is 23.5. The van der Waals surface area contributed by atoms with Gasteiger partial charge in [0.05, 0.1) is 24.8 Å². The predicted molar refractivity (Wildman–Crippen MR) is 124 cm³/mol. The largest absolute Gasteiger partial charge is 0.507 e. The van der Waals surface area contributed by atoms with E-state index in [-0.39, 0.29) is 29.9 Å². The topological polar surface area (TPSA) is 76.1 Å². The van der Waals surface area contributed by atoms with Crippen molar-refractivity contribution >= 4 is 17.4 Å². The van der Waals surface area contributed by atoms with Crippen molar-refractivity contribution in [2.45, 2.75) is 39.2 Å². The van der Waals surface area contributed by atoms with Crippen molar-refractivity contribution in [3.05, 3.63) is 70.8 Å². The summed E-state index contributed by atoms with van der Waals surface area (Å²) in [6, 6.07) is 14.0. The van der Waals surface area contributed by atoms with Crippen LogP contribution in [0.2, 0.25) is 0 Å². The molecule has 1 fully saturated rings. The summed E-state index contributed by atoms with van der Waals surface area (Å²) in [6.07, 6.45) is 0. The third-order valence-corrected chi connectivity index (χ3v) is 5.61. The molecule has 0 aliphatic carbocycles. The molecule has 1 saturated heterocycles. The molecule has 170 valence electrons. The van der Waals surface area contributed by atoms with Crippen LogP contribution in [0.25, 0.3) is 5.76 Å². The molecule has 32 heavy (non-hydrogen) atoms. The Balaban J connectivity index is 2.09. The third kappa shape index (κ3) is 4.70. The molecule has 0 bridgehead atoms. The monoisotopic (exact) mass is 437 g/mol. The van der Waals surface area contributed by atoms with Gasteiger partial charge in [-0.3, -0.25) is 9.59 Å². The fourth-order valence-corrected chi connectivity index (χ4v) is 3.84. The standard InChI is InChI=1S/C26H31NO5/c1-6-32-20-13-9-18(10-14-20)23(28)21-22(27(15-16-31-5)25(30)24(21)29)17-7-11-19(12-8-17)26(2,3)4/h7-14,22,28H,6,15-16H2,1-5H3/b23-21+. The van der Waals surface area contributed by atoms with E-state index in [1.54, 1.807) is 31.4 Å². The highest BCUT2D eigenvalue weighted by molar-refractivity contribution is 6.46. The number of nitrogens with zero attached hydrogens (tertiary/aromatic N) is 1. The van der Waals surface area contributed by atoms with Gasteiger partial charge in [-0.15, -0.1) is 0 Å². The molecule has 2 aromatic carbocycles. The number of aliphatic hydroxyl groups is 1. The Morgan fingerprint density at radius 3 is 2.19 bits per heavy atom. The van der Waals surface area contributed by atoms with E-state index >= 15 is 0 Å². The van der Waals surface area contributed by atoms with E-state index in [9.17, 15) is 14.7 Å². The Kier molecular flexibility index (Phi) is 7.04. The Bertz CT molecular complexity index is 1000. The lowest BCUT2D eigenvalue weighted by Gasteiger charge is -2.26. The maximum absolute atomic E-state index is 13.0. The lowest BCUT2D eigenvalue weighted by Crippen LogP contribution is -2.32. The van der Waals surface area contributed by atoms with Crippen LogP contribution in [-0.4, -0.2) is 48.6 Å². The number of rotatable bonds is 7. The van der Waals surface area contributed by atoms with Crippen LogP contribution >= 0.6 is 0 Å². The first-order valence-corrected chi connectivity index (χ1v) is 10.8. The molecule has 0 aromatic heterocycles. The van der Waals surface area contributed by atoms with Crippen LogP contribution in [0.15, 0.2) is 54.1 Å². The van der Waals surface area contributed by atoms with Gasteiger partial charge in [-0.25, -0.2) is 0 Å². The molecule has 3 rings (SSSR count). The van der Waals surface area contributed by atoms with Crippen molar-refractivity contribution in [1.82, 2.24) is 4.90 Å². The molecule has 1 amide bonds. The zero-order valence-corrected chi connectivity index (χ0v) is 19.3. The van der Waals surface area contributed by atoms with Crippen LogP contribution in [0.3, 0.4) is 0 Å². The maximum atomic E-state index is 13.0. The molecule has 2 aromatic rings. The van der Waals surface area contributed by atoms with Gasteiger partial charge in [0, 0.05) is 19.2 Å². The number of carbonyl (C=O) groups excluding carboxylic acids is 2. The number of hydrogen-bond donors (Lipinski definition) is 1. The van der Waals surface area contributed by atoms with Gasteiger partial charge >= 0.3 is 0 Å². The van der Waals surface area contributed by atoms with E-state index in [1.165, 1.54) is 4.90 Å². The van der Waals surface area contributed by atoms with E-state index < -0.39 is 17.7 Å². The van der Waals surface area contributed by atoms with E-state index in [1.807, 2.05) is 31.2 Å². The van der Waals surface area contributed by atoms with E-state index in [0.29, 0.717) is 17.9 Å². The van der Waals surface area contributed by atoms with Crippen molar-refractivity contribution < 1.29 is 24.2 Å². The lowest BCUT2D eigenvalue weighted by molar-refractivity contribution is -0.140. The predicted octanol–water partition coefficient (Wildman–Crippen LogP) is 4.45. The molecule has 6 nitrogen and oxygen atoms in total. The van der Waals surface area contributed by atoms with Gasteiger partial charge in [0.15, 0.2) is 0 Å². The Hall–Kier alpha value is -3.12. The normalized spacial score (nSPS) is 18.3. The highest BCUT2D eigenvalue weighted by atomic mass is 16.5. The SMILES string of the molecule is CCOc1ccc(/C(O)=C2\C(=O)C(=O)N(CCOC)C2c2ccc(C(C)(C)C)cc2)cc1. The summed E-state index contributed by atoms with van der Waals surface area (Å²) in [6.45, 7) is 9.32. The van der Waals surface area contributed by atoms with Gasteiger partial charge in [-0.2, -0.15) is 0 Å². The molecule has 1 heterocycles. The zero-order valence-electron chi connectivity index (χ0n) is 19.3. The van der Waals surface area contributed by atoms with Gasteiger partial charge in [0.25, 0.3) is 11.7 Å². The fraction of sp³-hybridized carbons (Fsp3) is 0.385. The smallest absolute Gasteiger partial charge is 0.295 e. The van der Waals surface area contributed by atoms with Crippen molar-refractivity contribution in [3.8, 4) is 5.75 Å². The minimum absolute atomic E-state index is 0.0291. The maximum Gasteiger partial charge on any atom is 0.295 e. The summed E-state index contributed by atoms with van der Waals surface area (Å²) < 4.78 is 10.6. The van der Waals surface area contributed by atoms with Crippen molar-refractivity contribution in [3.63, 3.8) is 0 Å². The quantitative estimate of drug-likeness (QED) is 0.393. The molecular weight excluding hydrogens is 406 g/mol. The summed E-state index contributed by atoms with van der Waals surface area (Å²) in [5, 5.41) is 11.1. The number of hydrogen-bond acceptors (Lipinski definition) is 5. The Labute approximate surface area is 189 Å². The summed E-state index contributed by atoms with van der Waals surface area (Å²) in [5.74, 6) is -0.869.